The van der Waals surface area contributed by atoms with Crippen molar-refractivity contribution < 1.29 is 4.21 Å². The Labute approximate surface area is 81.1 Å². The van der Waals surface area contributed by atoms with Crippen molar-refractivity contribution in [3.8, 4) is 0 Å². The Morgan fingerprint density at radius 2 is 2.00 bits per heavy atom. The second-order valence-corrected chi connectivity index (χ2v) is 5.91. The molecule has 0 aromatic rings. The van der Waals surface area contributed by atoms with E-state index in [1.165, 1.54) is 0 Å². The van der Waals surface area contributed by atoms with E-state index in [1.54, 1.807) is 26.4 Å². The Balaban J connectivity index is 5.49. The lowest BCUT2D eigenvalue weighted by atomic mass is 10.5. The number of aliphatic imine (C=N–C) groups is 1. The van der Waals surface area contributed by atoms with Gasteiger partial charge in [0.2, 0.25) is 0 Å². The highest BCUT2D eigenvalue weighted by molar-refractivity contribution is 8.02. The summed E-state index contributed by atoms with van der Waals surface area (Å²) in [6.45, 7) is 7.39. The van der Waals surface area contributed by atoms with E-state index in [2.05, 4.69) is 9.39 Å². The van der Waals surface area contributed by atoms with E-state index in [9.17, 15) is 4.21 Å². The van der Waals surface area contributed by atoms with Gasteiger partial charge in [-0.25, -0.2) is 8.61 Å². The minimum atomic E-state index is -2.26. The molecule has 0 aliphatic rings. The molecule has 1 unspecified atom stereocenters. The fourth-order valence-electron chi connectivity index (χ4n) is 0.991. The highest BCUT2D eigenvalue weighted by Gasteiger charge is 2.12. The molecule has 13 heavy (non-hydrogen) atoms. The van der Waals surface area contributed by atoms with E-state index in [0.29, 0.717) is 0 Å². The monoisotopic (exact) mass is 202 g/mol. The van der Waals surface area contributed by atoms with Gasteiger partial charge in [-0.3, -0.25) is 4.99 Å². The minimum Gasteiger partial charge on any atom is -0.296 e. The molecule has 4 heteroatoms. The number of rotatable bonds is 3. The largest absolute Gasteiger partial charge is 0.296 e. The van der Waals surface area contributed by atoms with Crippen molar-refractivity contribution in [3.05, 3.63) is 0 Å². The lowest BCUT2D eigenvalue weighted by molar-refractivity contribution is 0.675. The van der Waals surface area contributed by atoms with Crippen LogP contribution in [-0.4, -0.2) is 33.8 Å². The smallest absolute Gasteiger partial charge is 0.0788 e. The van der Waals surface area contributed by atoms with Crippen molar-refractivity contribution in [2.75, 3.05) is 7.05 Å². The Hall–Kier alpha value is -0.640. The normalized spacial score (nSPS) is 17.1. The fourth-order valence-corrected chi connectivity index (χ4v) is 2.71. The molecule has 0 aromatic heterocycles. The van der Waals surface area contributed by atoms with Crippen molar-refractivity contribution in [2.45, 2.75) is 32.9 Å². The molecule has 0 fully saturated rings. The van der Waals surface area contributed by atoms with Crippen LogP contribution in [0.1, 0.15) is 27.7 Å². The van der Waals surface area contributed by atoms with Crippen LogP contribution in [-0.2, 0) is 9.71 Å². The molecule has 0 heterocycles. The Morgan fingerprint density at radius 3 is 2.31 bits per heavy atom. The first-order valence-corrected chi connectivity index (χ1v) is 5.85. The highest BCUT2D eigenvalue weighted by Crippen LogP contribution is 2.06. The Morgan fingerprint density at radius 1 is 1.46 bits per heavy atom. The summed E-state index contributed by atoms with van der Waals surface area (Å²) in [5.41, 5.74) is 0. The molecule has 1 atom stereocenters. The molecule has 0 spiro atoms. The molecule has 0 aliphatic heterocycles. The molecule has 0 rings (SSSR count). The van der Waals surface area contributed by atoms with Gasteiger partial charge in [0.05, 0.1) is 9.71 Å². The summed E-state index contributed by atoms with van der Waals surface area (Å²) in [5.74, 6) is 0. The minimum absolute atomic E-state index is 0.0155. The molecule has 0 amide bonds. The average Bonchev–Trinajstić information content (AvgIpc) is 2.04. The predicted octanol–water partition coefficient (Wildman–Crippen LogP) is 1.58. The molecular formula is C9H18N2OS. The molecule has 0 bridgehead atoms. The van der Waals surface area contributed by atoms with E-state index < -0.39 is 9.71 Å². The molecular weight excluding hydrogens is 184 g/mol. The number of nitrogens with zero attached hydrogens (tertiary/aromatic N) is 2. The van der Waals surface area contributed by atoms with Gasteiger partial charge in [0.15, 0.2) is 0 Å². The van der Waals surface area contributed by atoms with Crippen LogP contribution < -0.4 is 0 Å². The Bertz CT molecular complexity index is 321. The molecule has 0 radical (unpaired) electrons. The van der Waals surface area contributed by atoms with Crippen molar-refractivity contribution in [1.82, 2.24) is 0 Å². The molecule has 0 aromatic carbocycles. The van der Waals surface area contributed by atoms with Crippen molar-refractivity contribution in [1.29, 1.82) is 0 Å². The van der Waals surface area contributed by atoms with Gasteiger partial charge in [-0.2, -0.15) is 0 Å². The third-order valence-electron chi connectivity index (χ3n) is 1.67. The first kappa shape index (κ1) is 12.4. The lowest BCUT2D eigenvalue weighted by Crippen LogP contribution is -2.20. The second kappa shape index (κ2) is 5.17. The average molecular weight is 202 g/mol. The molecule has 0 aliphatic carbocycles. The standard InChI is InChI=1S/C9H18N2OS/c1-6-11-13(12,8(2)3)9(4)7-10-5/h6-8H,1-5H3. The zero-order chi connectivity index (χ0) is 10.5. The predicted molar refractivity (Wildman–Crippen MR) is 62.5 cm³/mol. The van der Waals surface area contributed by atoms with Gasteiger partial charge in [0, 0.05) is 29.6 Å². The maximum Gasteiger partial charge on any atom is 0.0788 e. The number of hydrogen-bond acceptors (Lipinski definition) is 2. The summed E-state index contributed by atoms with van der Waals surface area (Å²) < 4.78 is 16.3. The topological polar surface area (TPSA) is 41.8 Å². The van der Waals surface area contributed by atoms with Crippen LogP contribution in [0.4, 0.5) is 0 Å². The zero-order valence-corrected chi connectivity index (χ0v) is 9.76. The maximum absolute atomic E-state index is 12.2. The van der Waals surface area contributed by atoms with Crippen molar-refractivity contribution >= 4 is 27.0 Å². The van der Waals surface area contributed by atoms with E-state index in [4.69, 9.17) is 0 Å². The third kappa shape index (κ3) is 2.95. The first-order valence-electron chi connectivity index (χ1n) is 4.27. The van der Waals surface area contributed by atoms with Gasteiger partial charge < -0.3 is 0 Å². The summed E-state index contributed by atoms with van der Waals surface area (Å²) >= 11 is 0. The van der Waals surface area contributed by atoms with Crippen LogP contribution in [0.3, 0.4) is 0 Å². The van der Waals surface area contributed by atoms with Gasteiger partial charge in [-0.15, -0.1) is 0 Å². The van der Waals surface area contributed by atoms with Crippen LogP contribution in [0.5, 0.6) is 0 Å². The van der Waals surface area contributed by atoms with Gasteiger partial charge in [-0.1, -0.05) is 0 Å². The van der Waals surface area contributed by atoms with Crippen molar-refractivity contribution in [3.63, 3.8) is 0 Å². The molecule has 3 nitrogen and oxygen atoms in total. The van der Waals surface area contributed by atoms with E-state index in [0.717, 1.165) is 4.86 Å². The molecule has 76 valence electrons. The van der Waals surface area contributed by atoms with Gasteiger partial charge in [0.1, 0.15) is 0 Å². The zero-order valence-electron chi connectivity index (χ0n) is 8.94. The van der Waals surface area contributed by atoms with Crippen LogP contribution in [0.2, 0.25) is 0 Å². The van der Waals surface area contributed by atoms with E-state index >= 15 is 0 Å². The van der Waals surface area contributed by atoms with Crippen LogP contribution in [0.15, 0.2) is 9.39 Å². The molecule has 0 N–H and O–H groups in total. The van der Waals surface area contributed by atoms with E-state index in [-0.39, 0.29) is 5.25 Å². The third-order valence-corrected chi connectivity index (χ3v) is 4.50. The van der Waals surface area contributed by atoms with Gasteiger partial charge in [0.25, 0.3) is 0 Å². The summed E-state index contributed by atoms with van der Waals surface area (Å²) in [4.78, 5) is 4.59. The van der Waals surface area contributed by atoms with Crippen LogP contribution >= 0.6 is 0 Å². The molecule has 0 saturated carbocycles. The van der Waals surface area contributed by atoms with Crippen LogP contribution in [0, 0.1) is 0 Å². The maximum atomic E-state index is 12.2. The molecule has 0 saturated heterocycles. The summed E-state index contributed by atoms with van der Waals surface area (Å²) in [7, 11) is -0.594. The van der Waals surface area contributed by atoms with E-state index in [1.807, 2.05) is 20.8 Å². The SMILES string of the molecule is CC=NS(=O)(=C(C)C=NC)C(C)C. The van der Waals surface area contributed by atoms with Gasteiger partial charge in [-0.05, 0) is 27.7 Å². The van der Waals surface area contributed by atoms with Gasteiger partial charge >= 0.3 is 0 Å². The lowest BCUT2D eigenvalue weighted by Gasteiger charge is -2.11. The second-order valence-electron chi connectivity index (χ2n) is 2.98. The summed E-state index contributed by atoms with van der Waals surface area (Å²) in [5, 5.41) is 0.0155. The summed E-state index contributed by atoms with van der Waals surface area (Å²) in [6.07, 6.45) is 3.21. The van der Waals surface area contributed by atoms with Crippen molar-refractivity contribution in [2.24, 2.45) is 9.39 Å². The fraction of sp³-hybridized carbons (Fsp3) is 0.667. The summed E-state index contributed by atoms with van der Waals surface area (Å²) in [6, 6.07) is 0. The quantitative estimate of drug-likeness (QED) is 0.506. The number of hydrogen-bond donors (Lipinski definition) is 0. The Kier molecular flexibility index (Phi) is 4.91. The van der Waals surface area contributed by atoms with Crippen LogP contribution in [0.25, 0.3) is 0 Å². The first-order chi connectivity index (χ1) is 5.99. The highest BCUT2D eigenvalue weighted by atomic mass is 32.2.